The Balaban J connectivity index is 1.70. The molecule has 0 amide bonds. The molecule has 1 aromatic carbocycles. The lowest BCUT2D eigenvalue weighted by Gasteiger charge is -2.35. The maximum Gasteiger partial charge on any atom is 0.169 e. The molecule has 0 spiro atoms. The van der Waals surface area contributed by atoms with E-state index in [2.05, 4.69) is 10.0 Å². The van der Waals surface area contributed by atoms with Gasteiger partial charge in [-0.2, -0.15) is 0 Å². The smallest absolute Gasteiger partial charge is 0.169 e. The van der Waals surface area contributed by atoms with E-state index in [4.69, 9.17) is 19.7 Å². The number of hydrogen-bond donors (Lipinski definition) is 1. The molecule has 2 bridgehead atoms. The molecule has 2 aliphatic heterocycles. The van der Waals surface area contributed by atoms with Crippen LogP contribution in [0.4, 0.5) is 0 Å². The van der Waals surface area contributed by atoms with Gasteiger partial charge >= 0.3 is 0 Å². The molecule has 2 aliphatic rings. The van der Waals surface area contributed by atoms with Gasteiger partial charge < -0.3 is 19.3 Å². The molecule has 0 aliphatic carbocycles. The first-order valence-corrected chi connectivity index (χ1v) is 6.44. The lowest BCUT2D eigenvalue weighted by atomic mass is 9.99. The molecule has 3 rings (SSSR count). The van der Waals surface area contributed by atoms with Crippen molar-refractivity contribution in [3.05, 3.63) is 46.3 Å². The molecule has 2 heterocycles. The summed E-state index contributed by atoms with van der Waals surface area (Å²) in [5.74, 6) is 0. The molecular weight excluding hydrogens is 262 g/mol. The SMILES string of the molecule is [N-]=[N+]=NC1C2OCC(O2)C(OCc2ccccc2)C1O. The van der Waals surface area contributed by atoms with Crippen molar-refractivity contribution in [2.24, 2.45) is 5.11 Å². The Morgan fingerprint density at radius 1 is 1.40 bits per heavy atom. The van der Waals surface area contributed by atoms with Gasteiger partial charge in [0.25, 0.3) is 0 Å². The van der Waals surface area contributed by atoms with Gasteiger partial charge in [-0.1, -0.05) is 35.4 Å². The van der Waals surface area contributed by atoms with Gasteiger partial charge in [0.2, 0.25) is 0 Å². The van der Waals surface area contributed by atoms with E-state index < -0.39 is 24.5 Å². The van der Waals surface area contributed by atoms with E-state index >= 15 is 0 Å². The molecule has 0 aromatic heterocycles. The Bertz CT molecular complexity index is 506. The number of nitrogens with zero attached hydrogens (tertiary/aromatic N) is 3. The van der Waals surface area contributed by atoms with Gasteiger partial charge in [-0.15, -0.1) is 0 Å². The number of aliphatic hydroxyl groups is 1. The molecule has 2 saturated heterocycles. The van der Waals surface area contributed by atoms with Crippen LogP contribution >= 0.6 is 0 Å². The zero-order valence-electron chi connectivity index (χ0n) is 10.7. The van der Waals surface area contributed by atoms with Crippen molar-refractivity contribution < 1.29 is 19.3 Å². The van der Waals surface area contributed by atoms with Crippen molar-refractivity contribution >= 4 is 0 Å². The maximum absolute atomic E-state index is 10.3. The summed E-state index contributed by atoms with van der Waals surface area (Å²) in [5.41, 5.74) is 9.55. The number of ether oxygens (including phenoxy) is 3. The highest BCUT2D eigenvalue weighted by Crippen LogP contribution is 2.32. The predicted molar refractivity (Wildman–Crippen MR) is 68.6 cm³/mol. The summed E-state index contributed by atoms with van der Waals surface area (Å²) in [7, 11) is 0. The molecule has 5 unspecified atom stereocenters. The molecule has 0 saturated carbocycles. The molecule has 7 heteroatoms. The maximum atomic E-state index is 10.3. The second kappa shape index (κ2) is 5.78. The van der Waals surface area contributed by atoms with Gasteiger partial charge in [-0.3, -0.25) is 0 Å². The van der Waals surface area contributed by atoms with Gasteiger partial charge in [0.15, 0.2) is 6.29 Å². The second-order valence-corrected chi connectivity index (χ2v) is 4.82. The average Bonchev–Trinajstić information content (AvgIpc) is 2.90. The minimum atomic E-state index is -0.930. The lowest BCUT2D eigenvalue weighted by Crippen LogP contribution is -2.53. The van der Waals surface area contributed by atoms with Crippen molar-refractivity contribution in [2.75, 3.05) is 6.61 Å². The third kappa shape index (κ3) is 2.49. The zero-order chi connectivity index (χ0) is 13.9. The number of azide groups is 1. The molecule has 2 fully saturated rings. The normalized spacial score (nSPS) is 35.5. The Morgan fingerprint density at radius 2 is 2.20 bits per heavy atom. The summed E-state index contributed by atoms with van der Waals surface area (Å²) in [6, 6.07) is 8.87. The van der Waals surface area contributed by atoms with Crippen LogP contribution in [0.3, 0.4) is 0 Å². The Hall–Kier alpha value is -1.63. The quantitative estimate of drug-likeness (QED) is 0.510. The van der Waals surface area contributed by atoms with Crippen molar-refractivity contribution in [2.45, 2.75) is 37.3 Å². The summed E-state index contributed by atoms with van der Waals surface area (Å²) in [6.45, 7) is 0.689. The molecule has 1 N–H and O–H groups in total. The van der Waals surface area contributed by atoms with Crippen molar-refractivity contribution in [1.82, 2.24) is 0 Å². The minimum Gasteiger partial charge on any atom is -0.390 e. The van der Waals surface area contributed by atoms with Crippen LogP contribution in [0.5, 0.6) is 0 Å². The van der Waals surface area contributed by atoms with E-state index in [1.807, 2.05) is 30.3 Å². The molecule has 20 heavy (non-hydrogen) atoms. The average molecular weight is 277 g/mol. The minimum absolute atomic E-state index is 0.330. The first-order chi connectivity index (χ1) is 9.79. The second-order valence-electron chi connectivity index (χ2n) is 4.82. The number of fused-ring (bicyclic) bond motifs is 2. The standard InChI is InChI=1S/C13H15N3O4/c14-16-15-10-11(17)12(9-7-19-13(10)20-9)18-6-8-4-2-1-3-5-8/h1-5,9-13,17H,6-7H2. The predicted octanol–water partition coefficient (Wildman–Crippen LogP) is 1.37. The van der Waals surface area contributed by atoms with Gasteiger partial charge in [-0.05, 0) is 11.1 Å². The molecule has 106 valence electrons. The van der Waals surface area contributed by atoms with Crippen molar-refractivity contribution in [3.8, 4) is 0 Å². The van der Waals surface area contributed by atoms with E-state index in [1.54, 1.807) is 0 Å². The van der Waals surface area contributed by atoms with E-state index in [9.17, 15) is 5.11 Å². The van der Waals surface area contributed by atoms with Crippen LogP contribution in [-0.2, 0) is 20.8 Å². The van der Waals surface area contributed by atoms with Crippen LogP contribution in [0.1, 0.15) is 5.56 Å². The van der Waals surface area contributed by atoms with Crippen LogP contribution in [0.25, 0.3) is 10.4 Å². The summed E-state index contributed by atoms with van der Waals surface area (Å²) >= 11 is 0. The third-order valence-electron chi connectivity index (χ3n) is 3.54. The molecule has 5 atom stereocenters. The van der Waals surface area contributed by atoms with Gasteiger partial charge in [-0.25, -0.2) is 0 Å². The van der Waals surface area contributed by atoms with Crippen LogP contribution < -0.4 is 0 Å². The van der Waals surface area contributed by atoms with Crippen molar-refractivity contribution in [3.63, 3.8) is 0 Å². The van der Waals surface area contributed by atoms with E-state index in [1.165, 1.54) is 0 Å². The monoisotopic (exact) mass is 277 g/mol. The largest absolute Gasteiger partial charge is 0.390 e. The van der Waals surface area contributed by atoms with E-state index in [0.717, 1.165) is 5.56 Å². The highest BCUT2D eigenvalue weighted by molar-refractivity contribution is 5.13. The number of benzene rings is 1. The summed E-state index contributed by atoms with van der Waals surface area (Å²) in [6.07, 6.45) is -2.50. The highest BCUT2D eigenvalue weighted by atomic mass is 16.7. The Morgan fingerprint density at radius 3 is 2.95 bits per heavy atom. The molecular formula is C13H15N3O4. The first-order valence-electron chi connectivity index (χ1n) is 6.44. The van der Waals surface area contributed by atoms with Gasteiger partial charge in [0, 0.05) is 4.91 Å². The van der Waals surface area contributed by atoms with Gasteiger partial charge in [0.1, 0.15) is 18.2 Å². The van der Waals surface area contributed by atoms with E-state index in [0.29, 0.717) is 13.2 Å². The Kier molecular flexibility index (Phi) is 3.86. The Labute approximate surface area is 115 Å². The fraction of sp³-hybridized carbons (Fsp3) is 0.538. The number of rotatable bonds is 4. The van der Waals surface area contributed by atoms with Crippen molar-refractivity contribution in [1.29, 1.82) is 0 Å². The van der Waals surface area contributed by atoms with Gasteiger partial charge in [0.05, 0.1) is 19.3 Å². The summed E-state index contributed by atoms with van der Waals surface area (Å²) in [5, 5.41) is 13.8. The van der Waals surface area contributed by atoms with Crippen LogP contribution in [0.2, 0.25) is 0 Å². The topological polar surface area (TPSA) is 96.7 Å². The zero-order valence-corrected chi connectivity index (χ0v) is 10.7. The molecule has 0 radical (unpaired) electrons. The fourth-order valence-electron chi connectivity index (χ4n) is 2.52. The lowest BCUT2D eigenvalue weighted by molar-refractivity contribution is -0.195. The van der Waals surface area contributed by atoms with Crippen LogP contribution in [0.15, 0.2) is 35.4 Å². The summed E-state index contributed by atoms with van der Waals surface area (Å²) in [4.78, 5) is 2.73. The van der Waals surface area contributed by atoms with E-state index in [-0.39, 0.29) is 6.10 Å². The molecule has 7 nitrogen and oxygen atoms in total. The highest BCUT2D eigenvalue weighted by Gasteiger charge is 2.50. The first kappa shape index (κ1) is 13.4. The van der Waals surface area contributed by atoms with Crippen LogP contribution in [-0.4, -0.2) is 42.4 Å². The fourth-order valence-corrected chi connectivity index (χ4v) is 2.52. The summed E-state index contributed by atoms with van der Waals surface area (Å²) < 4.78 is 16.7. The molecule has 1 aromatic rings. The van der Waals surface area contributed by atoms with Crippen LogP contribution in [0, 0.1) is 0 Å². The number of aliphatic hydroxyl groups excluding tert-OH is 1. The third-order valence-corrected chi connectivity index (χ3v) is 3.54. The number of hydrogen-bond acceptors (Lipinski definition) is 5.